The molecule has 3 rings (SSSR count). The molecule has 6 nitrogen and oxygen atoms in total. The minimum Gasteiger partial charge on any atom is -0.331 e. The van der Waals surface area contributed by atoms with E-state index in [1.807, 2.05) is 0 Å². The minimum atomic E-state index is -0.567. The lowest BCUT2D eigenvalue weighted by Gasteiger charge is -2.33. The van der Waals surface area contributed by atoms with Crippen LogP contribution in [0, 0.1) is 5.82 Å². The number of anilines is 1. The second kappa shape index (κ2) is 6.92. The first-order valence-corrected chi connectivity index (χ1v) is 7.71. The fourth-order valence-electron chi connectivity index (χ4n) is 2.43. The molecule has 124 valence electrons. The molecule has 0 atom stereocenters. The van der Waals surface area contributed by atoms with Gasteiger partial charge in [-0.2, -0.15) is 0 Å². The van der Waals surface area contributed by atoms with Crippen molar-refractivity contribution in [3.05, 3.63) is 53.1 Å². The Kier molecular flexibility index (Phi) is 4.71. The molecule has 0 saturated carbocycles. The Morgan fingerprint density at radius 3 is 2.46 bits per heavy atom. The number of piperazine rings is 1. The van der Waals surface area contributed by atoms with Crippen molar-refractivity contribution < 1.29 is 14.0 Å². The average Bonchev–Trinajstić information content (AvgIpc) is 2.58. The van der Waals surface area contributed by atoms with Gasteiger partial charge in [0, 0.05) is 18.1 Å². The third kappa shape index (κ3) is 3.68. The van der Waals surface area contributed by atoms with Gasteiger partial charge in [0.2, 0.25) is 17.8 Å². The maximum absolute atomic E-state index is 12.9. The van der Waals surface area contributed by atoms with Gasteiger partial charge in [-0.15, -0.1) is 0 Å². The first-order valence-electron chi connectivity index (χ1n) is 7.33. The molecule has 0 unspecified atom stereocenters. The van der Waals surface area contributed by atoms with E-state index in [0.29, 0.717) is 11.6 Å². The molecule has 8 heteroatoms. The van der Waals surface area contributed by atoms with Crippen LogP contribution in [-0.4, -0.2) is 46.3 Å². The second-order valence-electron chi connectivity index (χ2n) is 5.37. The Hall–Kier alpha value is -2.54. The van der Waals surface area contributed by atoms with Crippen LogP contribution in [0.4, 0.5) is 10.3 Å². The number of benzene rings is 1. The number of amides is 2. The Labute approximate surface area is 142 Å². The Balaban J connectivity index is 1.62. The molecule has 1 aromatic heterocycles. The van der Waals surface area contributed by atoms with Crippen molar-refractivity contribution >= 4 is 29.4 Å². The summed E-state index contributed by atoms with van der Waals surface area (Å²) in [5.41, 5.74) is 0.834. The second-order valence-corrected chi connectivity index (χ2v) is 5.80. The predicted octanol–water partition coefficient (Wildman–Crippen LogP) is 1.69. The van der Waals surface area contributed by atoms with Crippen molar-refractivity contribution in [1.29, 1.82) is 0 Å². The number of rotatable bonds is 3. The summed E-state index contributed by atoms with van der Waals surface area (Å²) in [6.45, 7) is 0.600. The molecule has 0 N–H and O–H groups in total. The highest BCUT2D eigenvalue weighted by Crippen LogP contribution is 2.14. The van der Waals surface area contributed by atoms with Crippen molar-refractivity contribution in [2.24, 2.45) is 0 Å². The molecule has 1 aliphatic rings. The molecule has 2 heterocycles. The first-order chi connectivity index (χ1) is 11.5. The number of nitrogens with zero attached hydrogens (tertiary/aromatic N) is 4. The molecule has 0 bridgehead atoms. The van der Waals surface area contributed by atoms with E-state index in [4.69, 9.17) is 11.6 Å². The van der Waals surface area contributed by atoms with Crippen LogP contribution in [0.2, 0.25) is 5.02 Å². The van der Waals surface area contributed by atoms with Crippen molar-refractivity contribution in [3.63, 3.8) is 0 Å². The highest BCUT2D eigenvalue weighted by atomic mass is 35.5. The van der Waals surface area contributed by atoms with Crippen LogP contribution in [0.25, 0.3) is 0 Å². The average molecular weight is 349 g/mol. The van der Waals surface area contributed by atoms with Crippen LogP contribution in [0.5, 0.6) is 0 Å². The molecule has 0 radical (unpaired) electrons. The zero-order valence-corrected chi connectivity index (χ0v) is 13.4. The standard InChI is InChI=1S/C16H14ClFN4O2/c17-12-3-1-11(2-4-12)7-14(23)21-5-6-22(15(24)10-21)16-19-8-13(18)9-20-16/h1-4,8-9H,5-7,10H2. The smallest absolute Gasteiger partial charge is 0.249 e. The van der Waals surface area contributed by atoms with Gasteiger partial charge in [-0.05, 0) is 17.7 Å². The van der Waals surface area contributed by atoms with E-state index in [-0.39, 0.29) is 37.3 Å². The third-order valence-electron chi connectivity index (χ3n) is 3.69. The Bertz CT molecular complexity index is 750. The van der Waals surface area contributed by atoms with Crippen LogP contribution < -0.4 is 4.90 Å². The summed E-state index contributed by atoms with van der Waals surface area (Å²) in [6.07, 6.45) is 2.22. The molecular formula is C16H14ClFN4O2. The van der Waals surface area contributed by atoms with Crippen LogP contribution in [0.15, 0.2) is 36.7 Å². The minimum absolute atomic E-state index is 0.0485. The molecule has 1 saturated heterocycles. The summed E-state index contributed by atoms with van der Waals surface area (Å²) in [5, 5.41) is 0.606. The van der Waals surface area contributed by atoms with Gasteiger partial charge in [0.25, 0.3) is 0 Å². The zero-order chi connectivity index (χ0) is 17.1. The monoisotopic (exact) mass is 348 g/mol. The number of hydrogen-bond acceptors (Lipinski definition) is 4. The summed E-state index contributed by atoms with van der Waals surface area (Å²) >= 11 is 5.82. The van der Waals surface area contributed by atoms with Crippen molar-refractivity contribution in [2.75, 3.05) is 24.5 Å². The summed E-state index contributed by atoms with van der Waals surface area (Å²) in [4.78, 5) is 35.0. The number of halogens is 2. The number of hydrogen-bond donors (Lipinski definition) is 0. The summed E-state index contributed by atoms with van der Waals surface area (Å²) in [6, 6.07) is 7.01. The van der Waals surface area contributed by atoms with Gasteiger partial charge >= 0.3 is 0 Å². The van der Waals surface area contributed by atoms with Gasteiger partial charge in [0.05, 0.1) is 18.8 Å². The topological polar surface area (TPSA) is 66.4 Å². The SMILES string of the molecule is O=C(Cc1ccc(Cl)cc1)N1CCN(c2ncc(F)cn2)C(=O)C1. The number of carbonyl (C=O) groups excluding carboxylic acids is 2. The van der Waals surface area contributed by atoms with Gasteiger partial charge in [0.1, 0.15) is 6.54 Å². The van der Waals surface area contributed by atoms with Gasteiger partial charge in [-0.1, -0.05) is 23.7 Å². The third-order valence-corrected chi connectivity index (χ3v) is 3.94. The molecule has 0 aliphatic carbocycles. The normalized spacial score (nSPS) is 14.8. The van der Waals surface area contributed by atoms with E-state index in [0.717, 1.165) is 18.0 Å². The fourth-order valence-corrected chi connectivity index (χ4v) is 2.56. The van der Waals surface area contributed by atoms with E-state index < -0.39 is 5.82 Å². The maximum Gasteiger partial charge on any atom is 0.249 e. The van der Waals surface area contributed by atoms with Crippen molar-refractivity contribution in [2.45, 2.75) is 6.42 Å². The molecule has 1 aliphatic heterocycles. The first kappa shape index (κ1) is 16.3. The lowest BCUT2D eigenvalue weighted by Crippen LogP contribution is -2.53. The summed E-state index contributed by atoms with van der Waals surface area (Å²) in [7, 11) is 0. The quantitative estimate of drug-likeness (QED) is 0.846. The molecule has 24 heavy (non-hydrogen) atoms. The van der Waals surface area contributed by atoms with Crippen molar-refractivity contribution in [1.82, 2.24) is 14.9 Å². The van der Waals surface area contributed by atoms with E-state index in [1.165, 1.54) is 9.80 Å². The number of carbonyl (C=O) groups is 2. The van der Waals surface area contributed by atoms with E-state index in [1.54, 1.807) is 24.3 Å². The van der Waals surface area contributed by atoms with Gasteiger partial charge in [0.15, 0.2) is 5.82 Å². The fraction of sp³-hybridized carbons (Fsp3) is 0.250. The highest BCUT2D eigenvalue weighted by molar-refractivity contribution is 6.30. The van der Waals surface area contributed by atoms with E-state index >= 15 is 0 Å². The van der Waals surface area contributed by atoms with E-state index in [2.05, 4.69) is 9.97 Å². The van der Waals surface area contributed by atoms with Gasteiger partial charge in [-0.25, -0.2) is 14.4 Å². The Morgan fingerprint density at radius 1 is 1.17 bits per heavy atom. The largest absolute Gasteiger partial charge is 0.331 e. The molecule has 1 fully saturated rings. The number of aromatic nitrogens is 2. The van der Waals surface area contributed by atoms with E-state index in [9.17, 15) is 14.0 Å². The maximum atomic E-state index is 12.9. The predicted molar refractivity (Wildman–Crippen MR) is 86.1 cm³/mol. The molecule has 2 aromatic rings. The van der Waals surface area contributed by atoms with Gasteiger partial charge in [-0.3, -0.25) is 14.5 Å². The summed E-state index contributed by atoms with van der Waals surface area (Å²) in [5.74, 6) is -0.850. The Morgan fingerprint density at radius 2 is 1.83 bits per heavy atom. The lowest BCUT2D eigenvalue weighted by molar-refractivity contribution is -0.136. The van der Waals surface area contributed by atoms with Crippen LogP contribution in [-0.2, 0) is 16.0 Å². The summed E-state index contributed by atoms with van der Waals surface area (Å²) < 4.78 is 12.9. The molecule has 0 spiro atoms. The van der Waals surface area contributed by atoms with Gasteiger partial charge < -0.3 is 4.90 Å². The molecule has 1 aromatic carbocycles. The van der Waals surface area contributed by atoms with Crippen molar-refractivity contribution in [3.8, 4) is 0 Å². The van der Waals surface area contributed by atoms with Crippen LogP contribution in [0.1, 0.15) is 5.56 Å². The molecule has 2 amide bonds. The lowest BCUT2D eigenvalue weighted by atomic mass is 10.1. The van der Waals surface area contributed by atoms with Crippen LogP contribution in [0.3, 0.4) is 0 Å². The van der Waals surface area contributed by atoms with Crippen LogP contribution >= 0.6 is 11.6 Å². The molecular weight excluding hydrogens is 335 g/mol. The zero-order valence-electron chi connectivity index (χ0n) is 12.7. The highest BCUT2D eigenvalue weighted by Gasteiger charge is 2.29.